The van der Waals surface area contributed by atoms with E-state index in [0.717, 1.165) is 0 Å². The van der Waals surface area contributed by atoms with Gasteiger partial charge in [-0.15, -0.1) is 0 Å². The summed E-state index contributed by atoms with van der Waals surface area (Å²) in [6.45, 7) is 0. The minimum atomic E-state index is -5.17. The second-order valence-electron chi connectivity index (χ2n) is 0.408. The summed E-state index contributed by atoms with van der Waals surface area (Å²) >= 11 is 2.42. The van der Waals surface area contributed by atoms with Crippen molar-refractivity contribution in [2.75, 3.05) is 0 Å². The predicted octanol–water partition coefficient (Wildman–Crippen LogP) is -1.03. The standard InChI is InChI=1S/Ag.Ba.ClH.H2O4S/c;;;1-5(2,3)4/h;;1H;(H2,1,2,3,4)/q+1;+2;;/p-3. The van der Waals surface area contributed by atoms with E-state index in [4.69, 9.17) is 17.5 Å². The second kappa shape index (κ2) is 9.47. The first-order chi connectivity index (χ1) is 3.00. The van der Waals surface area contributed by atoms with Crippen LogP contribution in [0.3, 0.4) is 0 Å². The monoisotopic (exact) mass is 376 g/mol. The zero-order valence-electron chi connectivity index (χ0n) is 3.43. The summed E-state index contributed by atoms with van der Waals surface area (Å²) in [7, 11) is -0.718. The van der Waals surface area contributed by atoms with Crippen molar-refractivity contribution in [3.05, 3.63) is 0 Å². The van der Waals surface area contributed by atoms with Gasteiger partial charge in [0, 0.05) is 10.4 Å². The maximum atomic E-state index is 8.52. The Morgan fingerprint density at radius 2 is 1.25 bits per heavy atom. The zero-order valence-corrected chi connectivity index (χ0v) is 10.9. The van der Waals surface area contributed by atoms with Gasteiger partial charge in [0.25, 0.3) is 0 Å². The van der Waals surface area contributed by atoms with E-state index in [-0.39, 0.29) is 48.9 Å². The molecule has 0 fully saturated rings. The Morgan fingerprint density at radius 1 is 1.25 bits per heavy atom. The molecule has 0 heterocycles. The van der Waals surface area contributed by atoms with E-state index in [1.165, 1.54) is 0 Å². The summed E-state index contributed by atoms with van der Waals surface area (Å²) in [6, 6.07) is 0. The van der Waals surface area contributed by atoms with Crippen molar-refractivity contribution in [1.82, 2.24) is 0 Å². The van der Waals surface area contributed by atoms with Crippen LogP contribution in [0.5, 0.6) is 0 Å². The SMILES string of the molecule is O=S(=O)([O-])[O-].[Ba+2].[Cl][Ag]. The van der Waals surface area contributed by atoms with Gasteiger partial charge in [0.1, 0.15) is 0 Å². The Balaban J connectivity index is -0.0000000750. The molecular formula is AgBaClO4S. The van der Waals surface area contributed by atoms with Crippen molar-refractivity contribution in [2.24, 2.45) is 0 Å². The third kappa shape index (κ3) is 77.4. The Kier molecular flexibility index (Phi) is 19.9. The molecule has 0 spiro atoms. The van der Waals surface area contributed by atoms with Crippen LogP contribution in [0.15, 0.2) is 0 Å². The Labute approximate surface area is 104 Å². The minimum absolute atomic E-state index is 0. The van der Waals surface area contributed by atoms with E-state index < -0.39 is 10.4 Å². The van der Waals surface area contributed by atoms with Gasteiger partial charge in [-0.1, -0.05) is 0 Å². The quantitative estimate of drug-likeness (QED) is 0.307. The third-order valence-corrected chi connectivity index (χ3v) is 0. The summed E-state index contributed by atoms with van der Waals surface area (Å²) in [6.07, 6.45) is 0. The van der Waals surface area contributed by atoms with Crippen LogP contribution in [-0.4, -0.2) is 66.4 Å². The molecule has 8 heavy (non-hydrogen) atoms. The van der Waals surface area contributed by atoms with Crippen LogP contribution in [0.25, 0.3) is 0 Å². The topological polar surface area (TPSA) is 80.3 Å². The summed E-state index contributed by atoms with van der Waals surface area (Å²) < 4.78 is 34.1. The summed E-state index contributed by atoms with van der Waals surface area (Å²) in [4.78, 5) is 0. The molecule has 0 aliphatic rings. The van der Waals surface area contributed by atoms with Crippen LogP contribution in [0.4, 0.5) is 0 Å². The molecule has 0 radical (unpaired) electrons. The van der Waals surface area contributed by atoms with E-state index in [9.17, 15) is 0 Å². The molecule has 0 saturated carbocycles. The molecule has 0 amide bonds. The molecule has 0 aromatic rings. The van der Waals surface area contributed by atoms with Gasteiger partial charge in [-0.3, -0.25) is 8.42 Å². The number of rotatable bonds is 0. The first kappa shape index (κ1) is 16.8. The Hall–Kier alpha value is 2.47. The average Bonchev–Trinajstić information content (AvgIpc) is 1.36. The maximum absolute atomic E-state index is 8.52. The van der Waals surface area contributed by atoms with Crippen molar-refractivity contribution in [1.29, 1.82) is 0 Å². The number of hydrogen-bond donors (Lipinski definition) is 0. The molecule has 0 bridgehead atoms. The fourth-order valence-electron chi connectivity index (χ4n) is 0. The predicted molar refractivity (Wildman–Crippen MR) is 22.1 cm³/mol. The fourth-order valence-corrected chi connectivity index (χ4v) is 0. The number of hydrogen-bond acceptors (Lipinski definition) is 4. The van der Waals surface area contributed by atoms with Gasteiger partial charge in [0.15, 0.2) is 0 Å². The third-order valence-electron chi connectivity index (χ3n) is 0. The first-order valence-electron chi connectivity index (χ1n) is 0.781. The van der Waals surface area contributed by atoms with Crippen molar-refractivity contribution in [3.8, 4) is 0 Å². The van der Waals surface area contributed by atoms with Crippen LogP contribution < -0.4 is 0 Å². The molecule has 50 valence electrons. The van der Waals surface area contributed by atoms with Gasteiger partial charge >= 0.3 is 78.1 Å². The molecule has 0 unspecified atom stereocenters. The van der Waals surface area contributed by atoms with Crippen molar-refractivity contribution in [3.63, 3.8) is 0 Å². The molecule has 0 atom stereocenters. The van der Waals surface area contributed by atoms with E-state index in [0.29, 0.717) is 0 Å². The van der Waals surface area contributed by atoms with Crippen molar-refractivity contribution >= 4 is 68.5 Å². The molecular weight excluding hydrogens is 377 g/mol. The molecule has 0 aliphatic heterocycles. The summed E-state index contributed by atoms with van der Waals surface area (Å²) in [5, 5.41) is 0. The average molecular weight is 377 g/mol. The molecule has 0 N–H and O–H groups in total. The summed E-state index contributed by atoms with van der Waals surface area (Å²) in [5.41, 5.74) is 0. The van der Waals surface area contributed by atoms with Crippen LogP contribution in [0.2, 0.25) is 0 Å². The van der Waals surface area contributed by atoms with E-state index in [1.807, 2.05) is 0 Å². The Bertz CT molecular complexity index is 99.2. The van der Waals surface area contributed by atoms with Crippen LogP contribution in [-0.2, 0) is 30.4 Å². The normalized spacial score (nSPS) is 8.12. The first-order valence-corrected chi connectivity index (χ1v) is 4.02. The molecule has 0 aliphatic carbocycles. The van der Waals surface area contributed by atoms with Crippen LogP contribution in [0, 0.1) is 0 Å². The zero-order chi connectivity index (χ0) is 6.50. The molecule has 4 nitrogen and oxygen atoms in total. The van der Waals surface area contributed by atoms with Gasteiger partial charge in [0.2, 0.25) is 0 Å². The van der Waals surface area contributed by atoms with Crippen molar-refractivity contribution < 1.29 is 37.5 Å². The van der Waals surface area contributed by atoms with Gasteiger partial charge < -0.3 is 9.11 Å². The molecule has 0 saturated heterocycles. The van der Waals surface area contributed by atoms with Gasteiger partial charge in [-0.25, -0.2) is 0 Å². The van der Waals surface area contributed by atoms with Gasteiger partial charge in [-0.05, 0) is 0 Å². The van der Waals surface area contributed by atoms with Crippen LogP contribution >= 0.6 is 9.19 Å². The van der Waals surface area contributed by atoms with E-state index in [2.05, 4.69) is 29.2 Å². The number of halogens is 1. The van der Waals surface area contributed by atoms with E-state index in [1.54, 1.807) is 0 Å². The van der Waals surface area contributed by atoms with E-state index >= 15 is 0 Å². The Morgan fingerprint density at radius 3 is 1.25 bits per heavy atom. The molecule has 0 aromatic heterocycles. The fraction of sp³-hybridized carbons (Fsp3) is 0. The molecule has 8 heteroatoms. The van der Waals surface area contributed by atoms with Gasteiger partial charge in [0.05, 0.1) is 0 Å². The van der Waals surface area contributed by atoms with Crippen molar-refractivity contribution in [2.45, 2.75) is 0 Å². The molecule has 0 rings (SSSR count). The second-order valence-corrected chi connectivity index (χ2v) is 1.22. The van der Waals surface area contributed by atoms with Gasteiger partial charge in [-0.2, -0.15) is 0 Å². The van der Waals surface area contributed by atoms with Crippen LogP contribution in [0.1, 0.15) is 0 Å². The molecule has 0 aromatic carbocycles. The summed E-state index contributed by atoms with van der Waals surface area (Å²) in [5.74, 6) is 0.